The van der Waals surface area contributed by atoms with Crippen molar-refractivity contribution in [3.05, 3.63) is 0 Å². The maximum absolute atomic E-state index is 11.2. The van der Waals surface area contributed by atoms with Crippen LogP contribution in [-0.4, -0.2) is 47.2 Å². The van der Waals surface area contributed by atoms with E-state index in [-0.39, 0.29) is 36.3 Å². The number of hydrogen-bond acceptors (Lipinski definition) is 5. The van der Waals surface area contributed by atoms with Gasteiger partial charge in [-0.1, -0.05) is 0 Å². The molecule has 1 saturated heterocycles. The zero-order chi connectivity index (χ0) is 11.5. The molecule has 1 aliphatic rings. The standard InChI is InChI=1S/C7H16N2O4S2/c8-2-4-15(12,13)9-5-7-1-3-14(10,11)6-7/h7,9H,1-6,8H2. The molecule has 6 nitrogen and oxygen atoms in total. The molecule has 8 heteroatoms. The first-order valence-electron chi connectivity index (χ1n) is 4.72. The number of nitrogens with one attached hydrogen (secondary N) is 1. The molecule has 90 valence electrons. The molecule has 0 aromatic carbocycles. The van der Waals surface area contributed by atoms with Gasteiger partial charge in [-0.3, -0.25) is 0 Å². The maximum Gasteiger partial charge on any atom is 0.212 e. The summed E-state index contributed by atoms with van der Waals surface area (Å²) in [6.45, 7) is 0.264. The quantitative estimate of drug-likeness (QED) is 0.610. The van der Waals surface area contributed by atoms with Crippen molar-refractivity contribution in [1.82, 2.24) is 4.72 Å². The lowest BCUT2D eigenvalue weighted by Gasteiger charge is -2.09. The Morgan fingerprint density at radius 1 is 1.40 bits per heavy atom. The average Bonchev–Trinajstić information content (AvgIpc) is 2.42. The Kier molecular flexibility index (Phi) is 4.10. The Bertz CT molecular complexity index is 401. The first kappa shape index (κ1) is 12.9. The predicted molar refractivity (Wildman–Crippen MR) is 57.6 cm³/mol. The van der Waals surface area contributed by atoms with Gasteiger partial charge in [0.15, 0.2) is 9.84 Å². The number of rotatable bonds is 5. The normalized spacial score (nSPS) is 25.5. The minimum absolute atomic E-state index is 0.0678. The monoisotopic (exact) mass is 256 g/mol. The van der Waals surface area contributed by atoms with E-state index in [9.17, 15) is 16.8 Å². The molecule has 0 bridgehead atoms. The van der Waals surface area contributed by atoms with Gasteiger partial charge in [-0.25, -0.2) is 21.6 Å². The van der Waals surface area contributed by atoms with Crippen LogP contribution in [0.25, 0.3) is 0 Å². The molecule has 0 aliphatic carbocycles. The summed E-state index contributed by atoms with van der Waals surface area (Å²) in [6, 6.07) is 0. The molecule has 0 aromatic rings. The van der Waals surface area contributed by atoms with E-state index < -0.39 is 19.9 Å². The highest BCUT2D eigenvalue weighted by Crippen LogP contribution is 2.17. The second kappa shape index (κ2) is 4.77. The van der Waals surface area contributed by atoms with E-state index in [1.807, 2.05) is 0 Å². The van der Waals surface area contributed by atoms with Crippen LogP contribution in [0.2, 0.25) is 0 Å². The molecule has 1 heterocycles. The van der Waals surface area contributed by atoms with Crippen molar-refractivity contribution in [3.63, 3.8) is 0 Å². The summed E-state index contributed by atoms with van der Waals surface area (Å²) in [7, 11) is -6.26. The van der Waals surface area contributed by atoms with Gasteiger partial charge in [-0.05, 0) is 12.3 Å². The summed E-state index contributed by atoms with van der Waals surface area (Å²) in [6.07, 6.45) is 0.535. The third kappa shape index (κ3) is 4.45. The molecule has 1 atom stereocenters. The van der Waals surface area contributed by atoms with E-state index in [0.29, 0.717) is 6.42 Å². The Morgan fingerprint density at radius 2 is 2.07 bits per heavy atom. The average molecular weight is 256 g/mol. The van der Waals surface area contributed by atoms with Crippen molar-refractivity contribution in [2.24, 2.45) is 11.7 Å². The Balaban J connectivity index is 2.40. The van der Waals surface area contributed by atoms with Gasteiger partial charge in [-0.15, -0.1) is 0 Å². The zero-order valence-electron chi connectivity index (χ0n) is 8.35. The first-order chi connectivity index (χ1) is 6.85. The van der Waals surface area contributed by atoms with E-state index >= 15 is 0 Å². The highest BCUT2D eigenvalue weighted by molar-refractivity contribution is 7.91. The van der Waals surface area contributed by atoms with Crippen LogP contribution in [0.15, 0.2) is 0 Å². The van der Waals surface area contributed by atoms with Crippen LogP contribution in [0.3, 0.4) is 0 Å². The van der Waals surface area contributed by atoms with Crippen LogP contribution < -0.4 is 10.5 Å². The Hall–Kier alpha value is -0.180. The first-order valence-corrected chi connectivity index (χ1v) is 8.20. The molecule has 0 aromatic heterocycles. The van der Waals surface area contributed by atoms with Crippen molar-refractivity contribution in [2.75, 3.05) is 30.3 Å². The topological polar surface area (TPSA) is 106 Å². The smallest absolute Gasteiger partial charge is 0.212 e. The fraction of sp³-hybridized carbons (Fsp3) is 1.00. The highest BCUT2D eigenvalue weighted by Gasteiger charge is 2.28. The van der Waals surface area contributed by atoms with Gasteiger partial charge in [-0.2, -0.15) is 0 Å². The molecule has 0 amide bonds. The van der Waals surface area contributed by atoms with E-state index in [4.69, 9.17) is 5.73 Å². The van der Waals surface area contributed by atoms with Crippen LogP contribution in [0, 0.1) is 5.92 Å². The van der Waals surface area contributed by atoms with Crippen molar-refractivity contribution in [3.8, 4) is 0 Å². The molecular formula is C7H16N2O4S2. The summed E-state index contributed by atoms with van der Waals surface area (Å²) in [5, 5.41) is 0. The summed E-state index contributed by atoms with van der Waals surface area (Å²) in [5.74, 6) is 0.0310. The lowest BCUT2D eigenvalue weighted by molar-refractivity contribution is 0.543. The molecule has 0 radical (unpaired) electrons. The molecule has 1 unspecified atom stereocenters. The summed E-state index contributed by atoms with van der Waals surface area (Å²) in [5.41, 5.74) is 5.13. The van der Waals surface area contributed by atoms with Gasteiger partial charge in [0.2, 0.25) is 10.0 Å². The van der Waals surface area contributed by atoms with Gasteiger partial charge in [0.1, 0.15) is 0 Å². The van der Waals surface area contributed by atoms with Crippen molar-refractivity contribution < 1.29 is 16.8 Å². The van der Waals surface area contributed by atoms with Crippen molar-refractivity contribution in [1.29, 1.82) is 0 Å². The Labute approximate surface area is 90.2 Å². The number of sulfone groups is 1. The second-order valence-corrected chi connectivity index (χ2v) is 7.88. The van der Waals surface area contributed by atoms with Gasteiger partial charge in [0.25, 0.3) is 0 Å². The second-order valence-electron chi connectivity index (χ2n) is 3.73. The highest BCUT2D eigenvalue weighted by atomic mass is 32.2. The minimum Gasteiger partial charge on any atom is -0.329 e. The molecule has 1 fully saturated rings. The van der Waals surface area contributed by atoms with Crippen LogP contribution >= 0.6 is 0 Å². The molecular weight excluding hydrogens is 240 g/mol. The van der Waals surface area contributed by atoms with Gasteiger partial charge in [0.05, 0.1) is 17.3 Å². The number of hydrogen-bond donors (Lipinski definition) is 2. The van der Waals surface area contributed by atoms with Crippen LogP contribution in [0.1, 0.15) is 6.42 Å². The third-order valence-electron chi connectivity index (χ3n) is 2.31. The lowest BCUT2D eigenvalue weighted by atomic mass is 10.1. The minimum atomic E-state index is -3.33. The molecule has 1 rings (SSSR count). The van der Waals surface area contributed by atoms with Crippen molar-refractivity contribution in [2.45, 2.75) is 6.42 Å². The van der Waals surface area contributed by atoms with Gasteiger partial charge in [0, 0.05) is 13.1 Å². The molecule has 1 aliphatic heterocycles. The summed E-state index contributed by atoms with van der Waals surface area (Å²) < 4.78 is 47.0. The third-order valence-corrected chi connectivity index (χ3v) is 5.52. The Morgan fingerprint density at radius 3 is 2.53 bits per heavy atom. The number of sulfonamides is 1. The van der Waals surface area contributed by atoms with E-state index in [1.165, 1.54) is 0 Å². The van der Waals surface area contributed by atoms with Crippen LogP contribution in [0.4, 0.5) is 0 Å². The maximum atomic E-state index is 11.2. The SMILES string of the molecule is NCCS(=O)(=O)NCC1CCS(=O)(=O)C1. The summed E-state index contributed by atoms with van der Waals surface area (Å²) >= 11 is 0. The molecule has 0 saturated carbocycles. The number of nitrogens with two attached hydrogens (primary N) is 1. The van der Waals surface area contributed by atoms with Crippen molar-refractivity contribution >= 4 is 19.9 Å². The van der Waals surface area contributed by atoms with Gasteiger partial charge < -0.3 is 5.73 Å². The van der Waals surface area contributed by atoms with E-state index in [1.54, 1.807) is 0 Å². The predicted octanol–water partition coefficient (Wildman–Crippen LogP) is -1.70. The van der Waals surface area contributed by atoms with Crippen LogP contribution in [-0.2, 0) is 19.9 Å². The van der Waals surface area contributed by atoms with E-state index in [2.05, 4.69) is 4.72 Å². The van der Waals surface area contributed by atoms with E-state index in [0.717, 1.165) is 0 Å². The molecule has 15 heavy (non-hydrogen) atoms. The van der Waals surface area contributed by atoms with Crippen LogP contribution in [0.5, 0.6) is 0 Å². The lowest BCUT2D eigenvalue weighted by Crippen LogP contribution is -2.33. The fourth-order valence-corrected chi connectivity index (χ4v) is 4.31. The van der Waals surface area contributed by atoms with Gasteiger partial charge >= 0.3 is 0 Å². The molecule has 3 N–H and O–H groups in total. The zero-order valence-corrected chi connectivity index (χ0v) is 9.98. The fourth-order valence-electron chi connectivity index (χ4n) is 1.51. The summed E-state index contributed by atoms with van der Waals surface area (Å²) in [4.78, 5) is 0. The molecule has 0 spiro atoms. The largest absolute Gasteiger partial charge is 0.329 e.